The molecule has 2 unspecified atom stereocenters. The average molecular weight is 257 g/mol. The van der Waals surface area contributed by atoms with Crippen LogP contribution in [0.2, 0.25) is 0 Å². The first kappa shape index (κ1) is 13.1. The molecule has 2 atom stereocenters. The molecule has 1 aliphatic heterocycles. The van der Waals surface area contributed by atoms with E-state index in [1.807, 2.05) is 0 Å². The lowest BCUT2D eigenvalue weighted by Crippen LogP contribution is -2.42. The van der Waals surface area contributed by atoms with Crippen molar-refractivity contribution in [2.24, 2.45) is 0 Å². The van der Waals surface area contributed by atoms with Gasteiger partial charge in [-0.3, -0.25) is 4.79 Å². The quantitative estimate of drug-likeness (QED) is 0.703. The Kier molecular flexibility index (Phi) is 4.06. The van der Waals surface area contributed by atoms with E-state index in [1.165, 1.54) is 0 Å². The number of ether oxygens (including phenoxy) is 1. The third-order valence-corrected chi connectivity index (χ3v) is 3.38. The summed E-state index contributed by atoms with van der Waals surface area (Å²) >= 11 is 0.537. The van der Waals surface area contributed by atoms with Crippen molar-refractivity contribution in [3.05, 3.63) is 0 Å². The first-order valence-corrected chi connectivity index (χ1v) is 5.45. The van der Waals surface area contributed by atoms with Crippen LogP contribution in [0.15, 0.2) is 0 Å². The third-order valence-electron chi connectivity index (χ3n) is 2.02. The van der Waals surface area contributed by atoms with Gasteiger partial charge < -0.3 is 10.1 Å². The number of carbonyl (C=O) groups excluding carboxylic acids is 2. The van der Waals surface area contributed by atoms with E-state index in [0.717, 1.165) is 7.11 Å². The molecule has 1 N–H and O–H groups in total. The fourth-order valence-corrected chi connectivity index (χ4v) is 2.32. The Morgan fingerprint density at radius 3 is 2.69 bits per heavy atom. The molecule has 92 valence electrons. The number of methoxy groups -OCH3 is 1. The number of nitrogens with one attached hydrogen (secondary N) is 1. The summed E-state index contributed by atoms with van der Waals surface area (Å²) in [5.41, 5.74) is 0. The second-order valence-corrected chi connectivity index (χ2v) is 4.45. The van der Waals surface area contributed by atoms with E-state index in [-0.39, 0.29) is 5.75 Å². The highest BCUT2D eigenvalue weighted by Crippen LogP contribution is 2.34. The van der Waals surface area contributed by atoms with Gasteiger partial charge in [0.05, 0.1) is 7.11 Å². The minimum absolute atomic E-state index is 0.136. The number of alkyl halides is 3. The van der Waals surface area contributed by atoms with Crippen LogP contribution in [-0.4, -0.2) is 42.2 Å². The monoisotopic (exact) mass is 257 g/mol. The van der Waals surface area contributed by atoms with E-state index in [0.29, 0.717) is 11.8 Å². The van der Waals surface area contributed by atoms with Gasteiger partial charge >= 0.3 is 12.1 Å². The van der Waals surface area contributed by atoms with Gasteiger partial charge in [-0.25, -0.2) is 4.79 Å². The van der Waals surface area contributed by atoms with Crippen LogP contribution in [0.4, 0.5) is 13.2 Å². The lowest BCUT2D eigenvalue weighted by Gasteiger charge is -2.16. The summed E-state index contributed by atoms with van der Waals surface area (Å²) in [4.78, 5) is 22.2. The standard InChI is InChI=1S/C8H10F3NO3S/c1-15-7(14)4-3-16-5(8(9,10)11)2-6(13)12-4/h4-5H,2-3H2,1H3,(H,12,13). The highest BCUT2D eigenvalue weighted by molar-refractivity contribution is 8.00. The number of hydrogen-bond donors (Lipinski definition) is 1. The van der Waals surface area contributed by atoms with E-state index in [1.54, 1.807) is 0 Å². The van der Waals surface area contributed by atoms with Crippen molar-refractivity contribution in [1.29, 1.82) is 0 Å². The summed E-state index contributed by atoms with van der Waals surface area (Å²) in [6.45, 7) is 0. The van der Waals surface area contributed by atoms with E-state index >= 15 is 0 Å². The molecule has 4 nitrogen and oxygen atoms in total. The van der Waals surface area contributed by atoms with Crippen molar-refractivity contribution >= 4 is 23.6 Å². The maximum atomic E-state index is 12.4. The summed E-state index contributed by atoms with van der Waals surface area (Å²) in [6.07, 6.45) is -5.10. The Hall–Kier alpha value is -0.920. The Labute approximate surface area is 93.9 Å². The van der Waals surface area contributed by atoms with Gasteiger partial charge in [0.15, 0.2) is 0 Å². The molecule has 1 fully saturated rings. The average Bonchev–Trinajstić information content (AvgIpc) is 2.38. The maximum absolute atomic E-state index is 12.4. The van der Waals surface area contributed by atoms with Crippen molar-refractivity contribution in [3.63, 3.8) is 0 Å². The molecule has 1 saturated heterocycles. The van der Waals surface area contributed by atoms with Crippen molar-refractivity contribution in [2.45, 2.75) is 23.9 Å². The number of carbonyl (C=O) groups is 2. The van der Waals surface area contributed by atoms with E-state index in [4.69, 9.17) is 0 Å². The number of halogens is 3. The minimum atomic E-state index is -4.44. The molecule has 0 aliphatic carbocycles. The first-order chi connectivity index (χ1) is 7.34. The Morgan fingerprint density at radius 1 is 1.56 bits per heavy atom. The molecule has 0 radical (unpaired) electrons. The van der Waals surface area contributed by atoms with Crippen molar-refractivity contribution in [1.82, 2.24) is 5.32 Å². The predicted octanol–water partition coefficient (Wildman–Crippen LogP) is 0.712. The summed E-state index contributed by atoms with van der Waals surface area (Å²) < 4.78 is 41.5. The lowest BCUT2D eigenvalue weighted by atomic mass is 10.2. The molecule has 8 heteroatoms. The molecule has 1 heterocycles. The van der Waals surface area contributed by atoms with Crippen LogP contribution in [0.25, 0.3) is 0 Å². The van der Waals surface area contributed by atoms with Crippen molar-refractivity contribution < 1.29 is 27.5 Å². The van der Waals surface area contributed by atoms with Crippen LogP contribution in [0.3, 0.4) is 0 Å². The van der Waals surface area contributed by atoms with E-state index < -0.39 is 35.8 Å². The molecule has 0 bridgehead atoms. The molecule has 0 spiro atoms. The Morgan fingerprint density at radius 2 is 2.19 bits per heavy atom. The van der Waals surface area contributed by atoms with Crippen LogP contribution < -0.4 is 5.32 Å². The van der Waals surface area contributed by atoms with Crippen LogP contribution >= 0.6 is 11.8 Å². The van der Waals surface area contributed by atoms with Gasteiger partial charge in [-0.15, -0.1) is 11.8 Å². The van der Waals surface area contributed by atoms with Crippen LogP contribution in [-0.2, 0) is 14.3 Å². The van der Waals surface area contributed by atoms with Crippen molar-refractivity contribution in [3.8, 4) is 0 Å². The predicted molar refractivity (Wildman–Crippen MR) is 50.9 cm³/mol. The molecule has 0 aromatic rings. The minimum Gasteiger partial charge on any atom is -0.467 e. The highest BCUT2D eigenvalue weighted by Gasteiger charge is 2.44. The van der Waals surface area contributed by atoms with Crippen LogP contribution in [0.1, 0.15) is 6.42 Å². The summed E-state index contributed by atoms with van der Waals surface area (Å²) in [5, 5.41) is 0.435. The lowest BCUT2D eigenvalue weighted by molar-refractivity contribution is -0.145. The van der Waals surface area contributed by atoms with E-state index in [2.05, 4.69) is 10.1 Å². The molecule has 1 amide bonds. The summed E-state index contributed by atoms with van der Waals surface area (Å²) in [5.74, 6) is -1.66. The maximum Gasteiger partial charge on any atom is 0.401 e. The number of thioether (sulfide) groups is 1. The Balaban J connectivity index is 2.70. The number of hydrogen-bond acceptors (Lipinski definition) is 4. The number of rotatable bonds is 1. The second-order valence-electron chi connectivity index (χ2n) is 3.21. The number of amides is 1. The molecular formula is C8H10F3NO3S. The molecule has 0 aromatic heterocycles. The third kappa shape index (κ3) is 3.29. The Bertz CT molecular complexity index is 295. The van der Waals surface area contributed by atoms with Gasteiger partial charge in [-0.1, -0.05) is 0 Å². The largest absolute Gasteiger partial charge is 0.467 e. The van der Waals surface area contributed by atoms with Gasteiger partial charge in [0, 0.05) is 12.2 Å². The van der Waals surface area contributed by atoms with Gasteiger partial charge in [0.1, 0.15) is 11.3 Å². The van der Waals surface area contributed by atoms with Gasteiger partial charge in [0.25, 0.3) is 0 Å². The van der Waals surface area contributed by atoms with Gasteiger partial charge in [0.2, 0.25) is 5.91 Å². The smallest absolute Gasteiger partial charge is 0.401 e. The zero-order valence-electron chi connectivity index (χ0n) is 8.34. The fourth-order valence-electron chi connectivity index (χ4n) is 1.21. The topological polar surface area (TPSA) is 55.4 Å². The van der Waals surface area contributed by atoms with Gasteiger partial charge in [-0.2, -0.15) is 13.2 Å². The zero-order chi connectivity index (χ0) is 12.3. The number of esters is 1. The van der Waals surface area contributed by atoms with Crippen molar-refractivity contribution in [2.75, 3.05) is 12.9 Å². The molecule has 0 saturated carbocycles. The second kappa shape index (κ2) is 4.94. The molecule has 1 rings (SSSR count). The SMILES string of the molecule is COC(=O)C1CSC(C(F)(F)F)CC(=O)N1. The van der Waals surface area contributed by atoms with Crippen LogP contribution in [0.5, 0.6) is 0 Å². The molecule has 0 aromatic carbocycles. The van der Waals surface area contributed by atoms with Crippen LogP contribution in [0, 0.1) is 0 Å². The highest BCUT2D eigenvalue weighted by atomic mass is 32.2. The van der Waals surface area contributed by atoms with E-state index in [9.17, 15) is 22.8 Å². The summed E-state index contributed by atoms with van der Waals surface area (Å²) in [6, 6.07) is -1.00. The summed E-state index contributed by atoms with van der Waals surface area (Å²) in [7, 11) is 1.12. The normalized spacial score (nSPS) is 26.9. The molecular weight excluding hydrogens is 247 g/mol. The van der Waals surface area contributed by atoms with Gasteiger partial charge in [-0.05, 0) is 0 Å². The molecule has 16 heavy (non-hydrogen) atoms. The molecule has 1 aliphatic rings. The first-order valence-electron chi connectivity index (χ1n) is 4.40. The zero-order valence-corrected chi connectivity index (χ0v) is 9.15. The fraction of sp³-hybridized carbons (Fsp3) is 0.750.